The fourth-order valence-corrected chi connectivity index (χ4v) is 1.94. The molecule has 0 unspecified atom stereocenters. The second-order valence-corrected chi connectivity index (χ2v) is 3.78. The fraction of sp³-hybridized carbons (Fsp3) is 0. The smallest absolute Gasteiger partial charge is 0.0740 e. The lowest BCUT2D eigenvalue weighted by Crippen LogP contribution is -1.84. The molecule has 0 fully saturated rings. The lowest BCUT2D eigenvalue weighted by atomic mass is 10.1. The molecule has 0 amide bonds. The molecule has 0 spiro atoms. The first-order valence-electron chi connectivity index (χ1n) is 4.17. The molecule has 70 valence electrons. The molecule has 0 saturated carbocycles. The van der Waals surface area contributed by atoms with Gasteiger partial charge in [-0.05, 0) is 16.8 Å². The minimum absolute atomic E-state index is 0.909. The van der Waals surface area contributed by atoms with Crippen LogP contribution in [0.1, 0.15) is 5.56 Å². The highest BCUT2D eigenvalue weighted by Crippen LogP contribution is 2.25. The SMILES string of the molecule is O/N=C/c1ccc(Br)c2ccccc12. The monoisotopic (exact) mass is 249 g/mol. The van der Waals surface area contributed by atoms with Gasteiger partial charge in [0.05, 0.1) is 6.21 Å². The van der Waals surface area contributed by atoms with Crippen molar-refractivity contribution in [2.75, 3.05) is 0 Å². The molecular formula is C11H8BrNO. The van der Waals surface area contributed by atoms with Crippen molar-refractivity contribution in [3.05, 3.63) is 46.4 Å². The van der Waals surface area contributed by atoms with E-state index in [0.717, 1.165) is 20.8 Å². The van der Waals surface area contributed by atoms with Crippen LogP contribution in [0.5, 0.6) is 0 Å². The third kappa shape index (κ3) is 1.51. The van der Waals surface area contributed by atoms with E-state index in [1.807, 2.05) is 36.4 Å². The van der Waals surface area contributed by atoms with Gasteiger partial charge >= 0.3 is 0 Å². The quantitative estimate of drug-likeness (QED) is 0.469. The third-order valence-electron chi connectivity index (χ3n) is 2.10. The first-order valence-corrected chi connectivity index (χ1v) is 4.97. The molecule has 0 aliphatic carbocycles. The van der Waals surface area contributed by atoms with Crippen LogP contribution in [0.25, 0.3) is 10.8 Å². The van der Waals surface area contributed by atoms with Gasteiger partial charge in [0.15, 0.2) is 0 Å². The van der Waals surface area contributed by atoms with Crippen molar-refractivity contribution in [2.45, 2.75) is 0 Å². The van der Waals surface area contributed by atoms with E-state index in [4.69, 9.17) is 5.21 Å². The summed E-state index contributed by atoms with van der Waals surface area (Å²) in [5, 5.41) is 13.7. The number of rotatable bonds is 1. The molecule has 0 radical (unpaired) electrons. The highest BCUT2D eigenvalue weighted by molar-refractivity contribution is 9.10. The Kier molecular flexibility index (Phi) is 2.50. The van der Waals surface area contributed by atoms with E-state index in [1.165, 1.54) is 6.21 Å². The molecule has 0 saturated heterocycles. The summed E-state index contributed by atoms with van der Waals surface area (Å²) in [5.41, 5.74) is 0.909. The van der Waals surface area contributed by atoms with Gasteiger partial charge in [0.2, 0.25) is 0 Å². The fourth-order valence-electron chi connectivity index (χ4n) is 1.46. The van der Waals surface area contributed by atoms with E-state index in [2.05, 4.69) is 21.1 Å². The molecule has 0 aliphatic heterocycles. The lowest BCUT2D eigenvalue weighted by molar-refractivity contribution is 0.322. The molecular weight excluding hydrogens is 242 g/mol. The Balaban J connectivity index is 2.81. The highest BCUT2D eigenvalue weighted by atomic mass is 79.9. The second-order valence-electron chi connectivity index (χ2n) is 2.93. The molecule has 2 nitrogen and oxygen atoms in total. The van der Waals surface area contributed by atoms with Crippen molar-refractivity contribution in [3.8, 4) is 0 Å². The summed E-state index contributed by atoms with van der Waals surface area (Å²) in [6.07, 6.45) is 1.44. The molecule has 2 aromatic rings. The zero-order chi connectivity index (χ0) is 9.97. The second kappa shape index (κ2) is 3.80. The van der Waals surface area contributed by atoms with Crippen LogP contribution in [0, 0.1) is 0 Å². The average molecular weight is 250 g/mol. The maximum absolute atomic E-state index is 8.51. The maximum Gasteiger partial charge on any atom is 0.0740 e. The Labute approximate surface area is 90.0 Å². The maximum atomic E-state index is 8.51. The van der Waals surface area contributed by atoms with E-state index >= 15 is 0 Å². The van der Waals surface area contributed by atoms with Crippen molar-refractivity contribution in [1.29, 1.82) is 0 Å². The van der Waals surface area contributed by atoms with Gasteiger partial charge in [-0.15, -0.1) is 0 Å². The Morgan fingerprint density at radius 3 is 2.50 bits per heavy atom. The van der Waals surface area contributed by atoms with E-state index in [9.17, 15) is 0 Å². The third-order valence-corrected chi connectivity index (χ3v) is 2.79. The van der Waals surface area contributed by atoms with Crippen LogP contribution in [-0.4, -0.2) is 11.4 Å². The van der Waals surface area contributed by atoms with Crippen LogP contribution in [-0.2, 0) is 0 Å². The number of halogens is 1. The number of oxime groups is 1. The molecule has 2 rings (SSSR count). The van der Waals surface area contributed by atoms with Gasteiger partial charge in [0.25, 0.3) is 0 Å². The van der Waals surface area contributed by atoms with E-state index in [0.29, 0.717) is 0 Å². The van der Waals surface area contributed by atoms with E-state index < -0.39 is 0 Å². The molecule has 0 aliphatic rings. The predicted molar refractivity (Wildman–Crippen MR) is 61.0 cm³/mol. The van der Waals surface area contributed by atoms with E-state index in [1.54, 1.807) is 0 Å². The van der Waals surface area contributed by atoms with Gasteiger partial charge in [-0.1, -0.05) is 51.4 Å². The number of benzene rings is 2. The number of nitrogens with zero attached hydrogens (tertiary/aromatic N) is 1. The molecule has 2 aromatic carbocycles. The Hall–Kier alpha value is -1.35. The summed E-state index contributed by atoms with van der Waals surface area (Å²) in [7, 11) is 0. The van der Waals surface area contributed by atoms with Crippen LogP contribution in [0.2, 0.25) is 0 Å². The summed E-state index contributed by atoms with van der Waals surface area (Å²) >= 11 is 3.48. The summed E-state index contributed by atoms with van der Waals surface area (Å²) in [4.78, 5) is 0. The van der Waals surface area contributed by atoms with Gasteiger partial charge in [0.1, 0.15) is 0 Å². The zero-order valence-corrected chi connectivity index (χ0v) is 8.90. The van der Waals surface area contributed by atoms with Crippen LogP contribution >= 0.6 is 15.9 Å². The van der Waals surface area contributed by atoms with Crippen molar-refractivity contribution in [3.63, 3.8) is 0 Å². The van der Waals surface area contributed by atoms with Crippen LogP contribution in [0.15, 0.2) is 46.0 Å². The molecule has 0 atom stereocenters. The zero-order valence-electron chi connectivity index (χ0n) is 7.31. The number of fused-ring (bicyclic) bond motifs is 1. The first kappa shape index (κ1) is 9.21. The topological polar surface area (TPSA) is 32.6 Å². The average Bonchev–Trinajstić information content (AvgIpc) is 2.23. The van der Waals surface area contributed by atoms with Gasteiger partial charge < -0.3 is 5.21 Å². The molecule has 0 heterocycles. The molecule has 14 heavy (non-hydrogen) atoms. The lowest BCUT2D eigenvalue weighted by Gasteiger charge is -2.02. The van der Waals surface area contributed by atoms with Gasteiger partial charge in [-0.2, -0.15) is 0 Å². The molecule has 0 bridgehead atoms. The van der Waals surface area contributed by atoms with Crippen molar-refractivity contribution < 1.29 is 5.21 Å². The van der Waals surface area contributed by atoms with Crippen LogP contribution < -0.4 is 0 Å². The largest absolute Gasteiger partial charge is 0.411 e. The van der Waals surface area contributed by atoms with Gasteiger partial charge in [-0.25, -0.2) is 0 Å². The summed E-state index contributed by atoms with van der Waals surface area (Å²) < 4.78 is 1.04. The van der Waals surface area contributed by atoms with E-state index in [-0.39, 0.29) is 0 Å². The van der Waals surface area contributed by atoms with Crippen molar-refractivity contribution in [1.82, 2.24) is 0 Å². The first-order chi connectivity index (χ1) is 6.83. The Morgan fingerprint density at radius 1 is 1.07 bits per heavy atom. The standard InChI is InChI=1S/C11H8BrNO/c12-11-6-5-8(7-13-14)9-3-1-2-4-10(9)11/h1-7,14H/b13-7+. The van der Waals surface area contributed by atoms with Gasteiger partial charge in [-0.3, -0.25) is 0 Å². The molecule has 0 aromatic heterocycles. The number of hydrogen-bond donors (Lipinski definition) is 1. The minimum Gasteiger partial charge on any atom is -0.411 e. The Morgan fingerprint density at radius 2 is 1.79 bits per heavy atom. The Bertz CT molecular complexity index is 494. The van der Waals surface area contributed by atoms with Crippen molar-refractivity contribution in [2.24, 2.45) is 5.16 Å². The van der Waals surface area contributed by atoms with Crippen molar-refractivity contribution >= 4 is 32.9 Å². The highest BCUT2D eigenvalue weighted by Gasteiger charge is 2.01. The van der Waals surface area contributed by atoms with Crippen LogP contribution in [0.3, 0.4) is 0 Å². The predicted octanol–water partition coefficient (Wildman–Crippen LogP) is 3.41. The molecule has 1 N–H and O–H groups in total. The summed E-state index contributed by atoms with van der Waals surface area (Å²) in [5.74, 6) is 0. The number of hydrogen-bond acceptors (Lipinski definition) is 2. The van der Waals surface area contributed by atoms with Gasteiger partial charge in [0, 0.05) is 10.0 Å². The summed E-state index contributed by atoms with van der Waals surface area (Å²) in [6.45, 7) is 0. The normalized spacial score (nSPS) is 11.2. The molecule has 3 heteroatoms. The van der Waals surface area contributed by atoms with Crippen LogP contribution in [0.4, 0.5) is 0 Å². The summed E-state index contributed by atoms with van der Waals surface area (Å²) in [6, 6.07) is 11.8. The minimum atomic E-state index is 0.909.